The minimum Gasteiger partial charge on any atom is -0.484 e. The number of nitrogens with zero attached hydrogens (tertiary/aromatic N) is 4. The lowest BCUT2D eigenvalue weighted by molar-refractivity contribution is -0.135. The Labute approximate surface area is 173 Å². The van der Waals surface area contributed by atoms with Gasteiger partial charge in [0.2, 0.25) is 0 Å². The van der Waals surface area contributed by atoms with Crippen molar-refractivity contribution >= 4 is 23.2 Å². The van der Waals surface area contributed by atoms with E-state index < -0.39 is 0 Å². The van der Waals surface area contributed by atoms with E-state index in [0.717, 1.165) is 23.8 Å². The molecular weight excluding hydrogens is 395 g/mol. The first-order chi connectivity index (χ1) is 13.8. The number of amides is 2. The smallest absolute Gasteiger partial charge is 0.265 e. The number of piperazine rings is 1. The van der Waals surface area contributed by atoms with Gasteiger partial charge in [-0.15, -0.1) is 11.3 Å². The second-order valence-corrected chi connectivity index (χ2v) is 8.20. The Morgan fingerprint density at radius 1 is 1.17 bits per heavy atom. The van der Waals surface area contributed by atoms with Crippen LogP contribution in [-0.4, -0.2) is 78.4 Å². The third-order valence-corrected chi connectivity index (χ3v) is 5.83. The van der Waals surface area contributed by atoms with Gasteiger partial charge >= 0.3 is 0 Å². The molecule has 0 unspecified atom stereocenters. The van der Waals surface area contributed by atoms with Gasteiger partial charge in [-0.25, -0.2) is 9.37 Å². The first-order valence-electron chi connectivity index (χ1n) is 9.40. The molecular formula is C20H25FN4O3S. The highest BCUT2D eigenvalue weighted by Crippen LogP contribution is 2.21. The number of halogens is 1. The number of thiazole rings is 1. The van der Waals surface area contributed by atoms with Gasteiger partial charge in [-0.1, -0.05) is 0 Å². The molecule has 0 radical (unpaired) electrons. The molecule has 1 aromatic carbocycles. The zero-order chi connectivity index (χ0) is 21.0. The van der Waals surface area contributed by atoms with Gasteiger partial charge in [0.25, 0.3) is 11.8 Å². The summed E-state index contributed by atoms with van der Waals surface area (Å²) in [5, 5.41) is 0.909. The number of carbonyl (C=O) groups is 2. The predicted molar refractivity (Wildman–Crippen MR) is 109 cm³/mol. The molecule has 156 valence electrons. The summed E-state index contributed by atoms with van der Waals surface area (Å²) in [7, 11) is 3.47. The standard InChI is InChI=1S/C20H25FN4O3S/c1-14-19(20(27)23(2)3)29-17(22-14)12-24-8-10-25(11-9-24)18(26)13-28-16-6-4-15(21)5-7-16/h4-7H,8-13H2,1-3H3. The summed E-state index contributed by atoms with van der Waals surface area (Å²) in [6.45, 7) is 5.15. The second kappa shape index (κ2) is 9.32. The lowest BCUT2D eigenvalue weighted by Gasteiger charge is -2.34. The summed E-state index contributed by atoms with van der Waals surface area (Å²) in [5.74, 6) is 0.0229. The molecule has 29 heavy (non-hydrogen) atoms. The molecule has 2 amide bonds. The summed E-state index contributed by atoms with van der Waals surface area (Å²) in [6.07, 6.45) is 0. The van der Waals surface area contributed by atoms with Gasteiger partial charge in [0.1, 0.15) is 21.5 Å². The van der Waals surface area contributed by atoms with Crippen molar-refractivity contribution in [1.29, 1.82) is 0 Å². The van der Waals surface area contributed by atoms with Crippen LogP contribution in [0.3, 0.4) is 0 Å². The van der Waals surface area contributed by atoms with Crippen LogP contribution in [0.25, 0.3) is 0 Å². The molecule has 1 fully saturated rings. The quantitative estimate of drug-likeness (QED) is 0.715. The molecule has 3 rings (SSSR count). The van der Waals surface area contributed by atoms with Crippen LogP contribution in [0.4, 0.5) is 4.39 Å². The summed E-state index contributed by atoms with van der Waals surface area (Å²) in [5.41, 5.74) is 0.760. The molecule has 1 aliphatic heterocycles. The molecule has 1 aliphatic rings. The lowest BCUT2D eigenvalue weighted by atomic mass is 10.3. The van der Waals surface area contributed by atoms with Crippen molar-refractivity contribution in [3.8, 4) is 5.75 Å². The minimum atomic E-state index is -0.339. The first kappa shape index (κ1) is 21.2. The summed E-state index contributed by atoms with van der Waals surface area (Å²) < 4.78 is 18.3. The highest BCUT2D eigenvalue weighted by Gasteiger charge is 2.23. The van der Waals surface area contributed by atoms with E-state index in [9.17, 15) is 14.0 Å². The van der Waals surface area contributed by atoms with E-state index in [1.54, 1.807) is 23.9 Å². The third kappa shape index (κ3) is 5.51. The summed E-state index contributed by atoms with van der Waals surface area (Å²) in [6, 6.07) is 5.62. The molecule has 0 bridgehead atoms. The predicted octanol–water partition coefficient (Wildman–Crippen LogP) is 2.02. The molecule has 1 aromatic heterocycles. The topological polar surface area (TPSA) is 66.0 Å². The Hall–Kier alpha value is -2.52. The van der Waals surface area contributed by atoms with Crippen molar-refractivity contribution < 1.29 is 18.7 Å². The van der Waals surface area contributed by atoms with Crippen molar-refractivity contribution in [2.24, 2.45) is 0 Å². The fourth-order valence-electron chi connectivity index (χ4n) is 3.04. The Morgan fingerprint density at radius 2 is 1.83 bits per heavy atom. The monoisotopic (exact) mass is 420 g/mol. The summed E-state index contributed by atoms with van der Waals surface area (Å²) in [4.78, 5) is 35.3. The zero-order valence-electron chi connectivity index (χ0n) is 16.9. The number of hydrogen-bond acceptors (Lipinski definition) is 6. The molecule has 0 aliphatic carbocycles. The molecule has 0 N–H and O–H groups in total. The van der Waals surface area contributed by atoms with E-state index in [1.807, 2.05) is 6.92 Å². The van der Waals surface area contributed by atoms with E-state index in [1.165, 1.54) is 35.6 Å². The normalized spacial score (nSPS) is 14.7. The lowest BCUT2D eigenvalue weighted by Crippen LogP contribution is -2.49. The number of rotatable bonds is 6. The Kier molecular flexibility index (Phi) is 6.81. The number of aryl methyl sites for hydroxylation is 1. The van der Waals surface area contributed by atoms with Crippen LogP contribution < -0.4 is 4.74 Å². The van der Waals surface area contributed by atoms with Gasteiger partial charge in [-0.2, -0.15) is 0 Å². The fraction of sp³-hybridized carbons (Fsp3) is 0.450. The van der Waals surface area contributed by atoms with E-state index in [-0.39, 0.29) is 24.2 Å². The Bertz CT molecular complexity index is 861. The van der Waals surface area contributed by atoms with Crippen molar-refractivity contribution in [2.45, 2.75) is 13.5 Å². The van der Waals surface area contributed by atoms with E-state index in [4.69, 9.17) is 4.74 Å². The van der Waals surface area contributed by atoms with Crippen LogP contribution in [0.2, 0.25) is 0 Å². The van der Waals surface area contributed by atoms with Crippen LogP contribution in [0, 0.1) is 12.7 Å². The van der Waals surface area contributed by atoms with Crippen LogP contribution in [-0.2, 0) is 11.3 Å². The number of hydrogen-bond donors (Lipinski definition) is 0. The number of ether oxygens (including phenoxy) is 1. The molecule has 7 nitrogen and oxygen atoms in total. The number of aromatic nitrogens is 1. The summed E-state index contributed by atoms with van der Waals surface area (Å²) >= 11 is 1.43. The fourth-order valence-corrected chi connectivity index (χ4v) is 4.16. The van der Waals surface area contributed by atoms with Crippen molar-refractivity contribution in [3.05, 3.63) is 45.7 Å². The second-order valence-electron chi connectivity index (χ2n) is 7.12. The zero-order valence-corrected chi connectivity index (χ0v) is 17.7. The average molecular weight is 421 g/mol. The molecule has 2 heterocycles. The number of benzene rings is 1. The maximum absolute atomic E-state index is 12.9. The van der Waals surface area contributed by atoms with Gasteiger partial charge in [0.15, 0.2) is 6.61 Å². The van der Waals surface area contributed by atoms with Crippen LogP contribution >= 0.6 is 11.3 Å². The van der Waals surface area contributed by atoms with Crippen molar-refractivity contribution in [2.75, 3.05) is 46.9 Å². The van der Waals surface area contributed by atoms with Crippen LogP contribution in [0.15, 0.2) is 24.3 Å². The van der Waals surface area contributed by atoms with Crippen molar-refractivity contribution in [3.63, 3.8) is 0 Å². The maximum Gasteiger partial charge on any atom is 0.265 e. The first-order valence-corrected chi connectivity index (χ1v) is 10.2. The molecule has 9 heteroatoms. The SMILES string of the molecule is Cc1nc(CN2CCN(C(=O)COc3ccc(F)cc3)CC2)sc1C(=O)N(C)C. The maximum atomic E-state index is 12.9. The highest BCUT2D eigenvalue weighted by molar-refractivity contribution is 7.13. The van der Waals surface area contributed by atoms with Gasteiger partial charge in [-0.3, -0.25) is 14.5 Å². The molecule has 2 aromatic rings. The molecule has 0 atom stereocenters. The van der Waals surface area contributed by atoms with Crippen LogP contribution in [0.1, 0.15) is 20.4 Å². The van der Waals surface area contributed by atoms with Gasteiger partial charge in [0, 0.05) is 40.3 Å². The average Bonchev–Trinajstić information content (AvgIpc) is 3.07. The van der Waals surface area contributed by atoms with E-state index >= 15 is 0 Å². The Morgan fingerprint density at radius 3 is 2.45 bits per heavy atom. The number of carbonyl (C=O) groups excluding carboxylic acids is 2. The molecule has 1 saturated heterocycles. The van der Waals surface area contributed by atoms with E-state index in [2.05, 4.69) is 9.88 Å². The van der Waals surface area contributed by atoms with E-state index in [0.29, 0.717) is 30.3 Å². The largest absolute Gasteiger partial charge is 0.484 e. The van der Waals surface area contributed by atoms with Gasteiger partial charge < -0.3 is 14.5 Å². The molecule has 0 saturated carbocycles. The van der Waals surface area contributed by atoms with Gasteiger partial charge in [0.05, 0.1) is 12.2 Å². The molecule has 0 spiro atoms. The van der Waals surface area contributed by atoms with Gasteiger partial charge in [-0.05, 0) is 31.2 Å². The van der Waals surface area contributed by atoms with Crippen molar-refractivity contribution in [1.82, 2.24) is 19.7 Å². The highest BCUT2D eigenvalue weighted by atomic mass is 32.1. The Balaban J connectivity index is 1.46. The minimum absolute atomic E-state index is 0.0252. The third-order valence-electron chi connectivity index (χ3n) is 4.70. The van der Waals surface area contributed by atoms with Crippen LogP contribution in [0.5, 0.6) is 5.75 Å².